The van der Waals surface area contributed by atoms with Crippen molar-refractivity contribution in [3.05, 3.63) is 88.6 Å². The van der Waals surface area contributed by atoms with Crippen LogP contribution in [0.3, 0.4) is 0 Å². The van der Waals surface area contributed by atoms with Gasteiger partial charge >= 0.3 is 0 Å². The maximum Gasteiger partial charge on any atom is 0.269 e. The molecule has 7 heteroatoms. The molecule has 0 atom stereocenters. The average Bonchev–Trinajstić information content (AvgIpc) is 2.72. The second-order valence-corrected chi connectivity index (χ2v) is 5.94. The molecule has 1 N–H and O–H groups in total. The van der Waals surface area contributed by atoms with Crippen molar-refractivity contribution in [2.75, 3.05) is 5.32 Å². The lowest BCUT2D eigenvalue weighted by molar-refractivity contribution is -0.384. The van der Waals surface area contributed by atoms with Gasteiger partial charge in [-0.05, 0) is 17.7 Å². The highest BCUT2D eigenvalue weighted by atomic mass is 16.6. The predicted molar refractivity (Wildman–Crippen MR) is 103 cm³/mol. The monoisotopic (exact) mass is 357 g/mol. The van der Waals surface area contributed by atoms with E-state index in [0.29, 0.717) is 18.0 Å². The Hall–Kier alpha value is -3.87. The molecule has 0 fully saturated rings. The third kappa shape index (κ3) is 3.72. The summed E-state index contributed by atoms with van der Waals surface area (Å²) in [7, 11) is 0. The smallest absolute Gasteiger partial charge is 0.269 e. The van der Waals surface area contributed by atoms with Crippen LogP contribution in [0.5, 0.6) is 0 Å². The van der Waals surface area contributed by atoms with E-state index in [4.69, 9.17) is 0 Å². The highest BCUT2D eigenvalue weighted by molar-refractivity contribution is 5.75. The molecule has 7 nitrogen and oxygen atoms in total. The summed E-state index contributed by atoms with van der Waals surface area (Å²) in [6.45, 7) is 0.502. The van der Waals surface area contributed by atoms with Crippen LogP contribution < -0.4 is 5.32 Å². The van der Waals surface area contributed by atoms with E-state index in [9.17, 15) is 10.1 Å². The lowest BCUT2D eigenvalue weighted by Crippen LogP contribution is -2.02. The second-order valence-electron chi connectivity index (χ2n) is 5.94. The molecule has 0 saturated carbocycles. The van der Waals surface area contributed by atoms with Crippen molar-refractivity contribution in [2.24, 2.45) is 0 Å². The molecule has 4 aromatic rings. The van der Waals surface area contributed by atoms with E-state index in [1.54, 1.807) is 18.3 Å². The molecule has 0 aliphatic carbocycles. The van der Waals surface area contributed by atoms with Gasteiger partial charge in [-0.15, -0.1) is 0 Å². The number of nitro groups is 1. The minimum atomic E-state index is -0.412. The number of nitrogens with one attached hydrogen (secondary N) is 1. The van der Waals surface area contributed by atoms with E-state index in [-0.39, 0.29) is 5.69 Å². The molecule has 132 valence electrons. The second kappa shape index (κ2) is 7.17. The van der Waals surface area contributed by atoms with Crippen LogP contribution in [0.25, 0.3) is 22.4 Å². The summed E-state index contributed by atoms with van der Waals surface area (Å²) >= 11 is 0. The maximum atomic E-state index is 10.7. The largest absolute Gasteiger partial charge is 0.366 e. The van der Waals surface area contributed by atoms with Gasteiger partial charge in [-0.3, -0.25) is 15.1 Å². The fourth-order valence-corrected chi connectivity index (χ4v) is 2.67. The van der Waals surface area contributed by atoms with Gasteiger partial charge in [0.15, 0.2) is 5.65 Å². The highest BCUT2D eigenvalue weighted by Gasteiger charge is 2.06. The number of non-ortho nitro benzene ring substituents is 1. The Labute approximate surface area is 154 Å². The lowest BCUT2D eigenvalue weighted by Gasteiger charge is -2.07. The first kappa shape index (κ1) is 16.6. The van der Waals surface area contributed by atoms with Crippen LogP contribution >= 0.6 is 0 Å². The molecular formula is C20H15N5O2. The predicted octanol–water partition coefficient (Wildman–Crippen LogP) is 4.21. The zero-order valence-corrected chi connectivity index (χ0v) is 14.2. The summed E-state index contributed by atoms with van der Waals surface area (Å²) in [5.41, 5.74) is 4.03. The summed E-state index contributed by atoms with van der Waals surface area (Å²) in [5.74, 6) is 0.667. The first-order chi connectivity index (χ1) is 13.2. The topological polar surface area (TPSA) is 93.8 Å². The first-order valence-corrected chi connectivity index (χ1v) is 8.35. The van der Waals surface area contributed by atoms with Crippen LogP contribution in [0.4, 0.5) is 11.5 Å². The van der Waals surface area contributed by atoms with Crippen molar-refractivity contribution in [2.45, 2.75) is 6.54 Å². The number of hydrogen-bond acceptors (Lipinski definition) is 6. The van der Waals surface area contributed by atoms with Crippen molar-refractivity contribution in [1.29, 1.82) is 0 Å². The van der Waals surface area contributed by atoms with Crippen LogP contribution in [-0.2, 0) is 6.54 Å². The van der Waals surface area contributed by atoms with Gasteiger partial charge in [-0.2, -0.15) is 0 Å². The Kier molecular flexibility index (Phi) is 4.40. The van der Waals surface area contributed by atoms with Gasteiger partial charge in [-0.25, -0.2) is 9.97 Å². The molecule has 0 radical (unpaired) electrons. The zero-order valence-electron chi connectivity index (χ0n) is 14.2. The number of anilines is 1. The molecule has 2 aromatic heterocycles. The molecule has 0 unspecified atom stereocenters. The summed E-state index contributed by atoms with van der Waals surface area (Å²) in [5, 5.41) is 13.9. The number of hydrogen-bond donors (Lipinski definition) is 1. The van der Waals surface area contributed by atoms with Gasteiger partial charge in [0, 0.05) is 24.2 Å². The average molecular weight is 357 g/mol. The van der Waals surface area contributed by atoms with E-state index < -0.39 is 4.92 Å². The minimum absolute atomic E-state index is 0.0753. The Balaban J connectivity index is 1.54. The molecule has 27 heavy (non-hydrogen) atoms. The van der Waals surface area contributed by atoms with Crippen LogP contribution in [0, 0.1) is 10.1 Å². The quantitative estimate of drug-likeness (QED) is 0.425. The Morgan fingerprint density at radius 2 is 1.70 bits per heavy atom. The molecular weight excluding hydrogens is 342 g/mol. The third-order valence-electron chi connectivity index (χ3n) is 4.10. The molecule has 0 bridgehead atoms. The molecule has 0 aliphatic heterocycles. The minimum Gasteiger partial charge on any atom is -0.366 e. The molecule has 0 amide bonds. The first-order valence-electron chi connectivity index (χ1n) is 8.35. The fraction of sp³-hybridized carbons (Fsp3) is 0.0500. The van der Waals surface area contributed by atoms with E-state index in [2.05, 4.69) is 20.3 Å². The number of rotatable bonds is 5. The maximum absolute atomic E-state index is 10.7. The van der Waals surface area contributed by atoms with Crippen LogP contribution in [0.1, 0.15) is 5.56 Å². The van der Waals surface area contributed by atoms with Gasteiger partial charge < -0.3 is 5.32 Å². The Bertz CT molecular complexity index is 1100. The van der Waals surface area contributed by atoms with Crippen molar-refractivity contribution in [3.8, 4) is 11.3 Å². The molecule has 4 rings (SSSR count). The number of benzene rings is 2. The third-order valence-corrected chi connectivity index (χ3v) is 4.10. The van der Waals surface area contributed by atoms with Gasteiger partial charge in [0.25, 0.3) is 5.69 Å². The van der Waals surface area contributed by atoms with Gasteiger partial charge in [0.2, 0.25) is 0 Å². The van der Waals surface area contributed by atoms with Crippen LogP contribution in [0.2, 0.25) is 0 Å². The van der Waals surface area contributed by atoms with E-state index in [1.165, 1.54) is 12.1 Å². The van der Waals surface area contributed by atoms with Gasteiger partial charge in [-0.1, -0.05) is 42.5 Å². The van der Waals surface area contributed by atoms with Crippen molar-refractivity contribution in [3.63, 3.8) is 0 Å². The SMILES string of the molecule is O=[N+]([O-])c1ccc(CNc2ccc3ncc(-c4ccccc4)nc3n2)cc1. The van der Waals surface area contributed by atoms with Crippen molar-refractivity contribution >= 4 is 22.7 Å². The molecule has 0 saturated heterocycles. The van der Waals surface area contributed by atoms with E-state index in [1.807, 2.05) is 42.5 Å². The number of aromatic nitrogens is 3. The summed E-state index contributed by atoms with van der Waals surface area (Å²) in [4.78, 5) is 23.9. The van der Waals surface area contributed by atoms with Gasteiger partial charge in [0.1, 0.15) is 11.3 Å². The summed E-state index contributed by atoms with van der Waals surface area (Å²) < 4.78 is 0. The number of pyridine rings is 1. The van der Waals surface area contributed by atoms with Gasteiger partial charge in [0.05, 0.1) is 16.8 Å². The number of nitro benzene ring substituents is 1. The van der Waals surface area contributed by atoms with Crippen molar-refractivity contribution in [1.82, 2.24) is 15.0 Å². The number of nitrogens with zero attached hydrogens (tertiary/aromatic N) is 4. The van der Waals surface area contributed by atoms with Crippen molar-refractivity contribution < 1.29 is 4.92 Å². The molecule has 2 heterocycles. The lowest BCUT2D eigenvalue weighted by atomic mass is 10.2. The normalized spacial score (nSPS) is 10.7. The standard InChI is InChI=1S/C20H15N5O2/c26-25(27)16-8-6-14(7-9-16)12-22-19-11-10-17-20(24-19)23-18(13-21-17)15-4-2-1-3-5-15/h1-11,13H,12H2,(H,22,23,24). The molecule has 0 aliphatic rings. The van der Waals surface area contributed by atoms with Crippen LogP contribution in [-0.4, -0.2) is 19.9 Å². The summed E-state index contributed by atoms with van der Waals surface area (Å²) in [6, 6.07) is 19.9. The van der Waals surface area contributed by atoms with E-state index >= 15 is 0 Å². The number of fused-ring (bicyclic) bond motifs is 1. The van der Waals surface area contributed by atoms with Crippen LogP contribution in [0.15, 0.2) is 72.9 Å². The molecule has 2 aromatic carbocycles. The molecule has 0 spiro atoms. The summed E-state index contributed by atoms with van der Waals surface area (Å²) in [6.07, 6.45) is 1.74. The highest BCUT2D eigenvalue weighted by Crippen LogP contribution is 2.19. The zero-order chi connectivity index (χ0) is 18.6. The Morgan fingerprint density at radius 3 is 2.44 bits per heavy atom. The Morgan fingerprint density at radius 1 is 0.926 bits per heavy atom. The fourth-order valence-electron chi connectivity index (χ4n) is 2.67. The van der Waals surface area contributed by atoms with E-state index in [0.717, 1.165) is 22.3 Å².